The van der Waals surface area contributed by atoms with Crippen LogP contribution in [0, 0.1) is 0 Å². The monoisotopic (exact) mass is 326 g/mol. The van der Waals surface area contributed by atoms with Gasteiger partial charge in [0, 0.05) is 30.8 Å². The molecule has 0 bridgehead atoms. The van der Waals surface area contributed by atoms with Crippen LogP contribution in [-0.2, 0) is 4.79 Å². The summed E-state index contributed by atoms with van der Waals surface area (Å²) in [5, 5.41) is 15.5. The lowest BCUT2D eigenvalue weighted by molar-refractivity contribution is -0.116. The third kappa shape index (κ3) is 6.14. The smallest absolute Gasteiger partial charge is 0.225 e. The predicted molar refractivity (Wildman–Crippen MR) is 97.8 cm³/mol. The van der Waals surface area contributed by atoms with E-state index in [1.54, 1.807) is 0 Å². The van der Waals surface area contributed by atoms with Crippen LogP contribution in [0.25, 0.3) is 0 Å². The molecule has 2 atom stereocenters. The number of hydrogen-bond donors (Lipinski definition) is 3. The summed E-state index contributed by atoms with van der Waals surface area (Å²) < 4.78 is 0. The van der Waals surface area contributed by atoms with Crippen molar-refractivity contribution >= 4 is 11.6 Å². The Morgan fingerprint density at radius 2 is 1.67 bits per heavy atom. The van der Waals surface area contributed by atoms with Crippen molar-refractivity contribution in [3.8, 4) is 0 Å². The van der Waals surface area contributed by atoms with E-state index in [0.717, 1.165) is 18.5 Å². The highest BCUT2D eigenvalue weighted by Gasteiger charge is 2.16. The summed E-state index contributed by atoms with van der Waals surface area (Å²) in [6.07, 6.45) is 1.97. The predicted octanol–water partition coefficient (Wildman–Crippen LogP) is 3.51. The lowest BCUT2D eigenvalue weighted by atomic mass is 10.0. The molecular formula is C20H26N2O2. The van der Waals surface area contributed by atoms with Crippen LogP contribution >= 0.6 is 0 Å². The molecule has 0 aliphatic heterocycles. The van der Waals surface area contributed by atoms with Crippen molar-refractivity contribution in [2.45, 2.75) is 38.3 Å². The van der Waals surface area contributed by atoms with E-state index in [1.807, 2.05) is 55.5 Å². The molecule has 0 aliphatic carbocycles. The van der Waals surface area contributed by atoms with Gasteiger partial charge in [0.15, 0.2) is 0 Å². The average molecular weight is 326 g/mol. The second-order valence-corrected chi connectivity index (χ2v) is 6.02. The van der Waals surface area contributed by atoms with Crippen molar-refractivity contribution in [2.75, 3.05) is 11.9 Å². The Hall–Kier alpha value is -2.17. The average Bonchev–Trinajstić information content (AvgIpc) is 2.60. The van der Waals surface area contributed by atoms with Crippen LogP contribution in [0.5, 0.6) is 0 Å². The molecule has 0 saturated carbocycles. The summed E-state index contributed by atoms with van der Waals surface area (Å²) >= 11 is 0. The van der Waals surface area contributed by atoms with Gasteiger partial charge in [-0.3, -0.25) is 4.79 Å². The first-order chi connectivity index (χ1) is 11.7. The molecule has 3 N–H and O–H groups in total. The first kappa shape index (κ1) is 18.2. The summed E-state index contributed by atoms with van der Waals surface area (Å²) in [5.74, 6) is -0.00447. The van der Waals surface area contributed by atoms with Crippen LogP contribution in [0.4, 0.5) is 5.69 Å². The molecule has 4 heteroatoms. The van der Waals surface area contributed by atoms with Crippen LogP contribution < -0.4 is 10.6 Å². The third-order valence-corrected chi connectivity index (χ3v) is 3.89. The summed E-state index contributed by atoms with van der Waals surface area (Å²) in [7, 11) is 0. The lowest BCUT2D eigenvalue weighted by Crippen LogP contribution is -2.34. The van der Waals surface area contributed by atoms with Gasteiger partial charge in [-0.05, 0) is 37.5 Å². The van der Waals surface area contributed by atoms with Crippen LogP contribution in [0.2, 0.25) is 0 Å². The van der Waals surface area contributed by atoms with Crippen molar-refractivity contribution in [1.82, 2.24) is 5.32 Å². The van der Waals surface area contributed by atoms with E-state index >= 15 is 0 Å². The molecule has 2 aromatic rings. The third-order valence-electron chi connectivity index (χ3n) is 3.89. The van der Waals surface area contributed by atoms with Gasteiger partial charge in [0.05, 0.1) is 0 Å². The van der Waals surface area contributed by atoms with Crippen molar-refractivity contribution in [3.05, 3.63) is 66.2 Å². The Morgan fingerprint density at radius 1 is 1.04 bits per heavy atom. The molecule has 4 nitrogen and oxygen atoms in total. The molecule has 0 aromatic heterocycles. The van der Waals surface area contributed by atoms with E-state index in [9.17, 15) is 4.79 Å². The molecule has 0 heterocycles. The second-order valence-electron chi connectivity index (χ2n) is 6.02. The first-order valence-corrected chi connectivity index (χ1v) is 8.46. The quantitative estimate of drug-likeness (QED) is 0.661. The van der Waals surface area contributed by atoms with E-state index in [4.69, 9.17) is 5.11 Å². The van der Waals surface area contributed by atoms with Crippen LogP contribution in [-0.4, -0.2) is 23.7 Å². The van der Waals surface area contributed by atoms with Gasteiger partial charge < -0.3 is 15.7 Å². The lowest BCUT2D eigenvalue weighted by Gasteiger charge is -2.23. The summed E-state index contributed by atoms with van der Waals surface area (Å²) in [5.41, 5.74) is 2.00. The molecule has 0 saturated heterocycles. The van der Waals surface area contributed by atoms with Gasteiger partial charge >= 0.3 is 0 Å². The van der Waals surface area contributed by atoms with E-state index in [0.29, 0.717) is 6.42 Å². The first-order valence-electron chi connectivity index (χ1n) is 8.46. The van der Waals surface area contributed by atoms with Gasteiger partial charge in [-0.15, -0.1) is 0 Å². The highest BCUT2D eigenvalue weighted by molar-refractivity contribution is 5.91. The zero-order valence-electron chi connectivity index (χ0n) is 14.1. The van der Waals surface area contributed by atoms with E-state index in [1.165, 1.54) is 5.56 Å². The second kappa shape index (κ2) is 9.85. The van der Waals surface area contributed by atoms with Gasteiger partial charge in [0.2, 0.25) is 5.91 Å². The SMILES string of the molecule is CC(CC(=O)Nc1ccccc1)NC(CCCO)c1ccccc1. The standard InChI is InChI=1S/C20H26N2O2/c1-16(15-20(24)22-18-11-6-3-7-12-18)21-19(13-8-14-23)17-9-4-2-5-10-17/h2-7,9-12,16,19,21,23H,8,13-15H2,1H3,(H,22,24). The van der Waals surface area contributed by atoms with E-state index in [-0.39, 0.29) is 24.6 Å². The number of carbonyl (C=O) groups is 1. The van der Waals surface area contributed by atoms with Gasteiger partial charge in [0.25, 0.3) is 0 Å². The maximum Gasteiger partial charge on any atom is 0.225 e. The number of benzene rings is 2. The highest BCUT2D eigenvalue weighted by atomic mass is 16.2. The fraction of sp³-hybridized carbons (Fsp3) is 0.350. The molecule has 128 valence electrons. The van der Waals surface area contributed by atoms with Crippen molar-refractivity contribution < 1.29 is 9.90 Å². The zero-order valence-corrected chi connectivity index (χ0v) is 14.1. The molecule has 24 heavy (non-hydrogen) atoms. The summed E-state index contributed by atoms with van der Waals surface area (Å²) in [6.45, 7) is 2.19. The maximum atomic E-state index is 12.2. The molecule has 0 aliphatic rings. The molecule has 0 radical (unpaired) electrons. The number of nitrogens with one attached hydrogen (secondary N) is 2. The van der Waals surface area contributed by atoms with Crippen molar-refractivity contribution in [1.29, 1.82) is 0 Å². The van der Waals surface area contributed by atoms with Gasteiger partial charge in [-0.2, -0.15) is 0 Å². The fourth-order valence-electron chi connectivity index (χ4n) is 2.74. The summed E-state index contributed by atoms with van der Waals surface area (Å²) in [4.78, 5) is 12.2. The van der Waals surface area contributed by atoms with Gasteiger partial charge in [-0.1, -0.05) is 48.5 Å². The number of aliphatic hydroxyl groups is 1. The molecule has 1 amide bonds. The minimum absolute atomic E-state index is 0.00447. The number of rotatable bonds is 9. The topological polar surface area (TPSA) is 61.4 Å². The van der Waals surface area contributed by atoms with Crippen LogP contribution in [0.15, 0.2) is 60.7 Å². The zero-order chi connectivity index (χ0) is 17.2. The Morgan fingerprint density at radius 3 is 2.29 bits per heavy atom. The van der Waals surface area contributed by atoms with Crippen molar-refractivity contribution in [2.24, 2.45) is 0 Å². The molecular weight excluding hydrogens is 300 g/mol. The molecule has 0 spiro atoms. The molecule has 2 unspecified atom stereocenters. The minimum atomic E-state index is -0.00447. The number of para-hydroxylation sites is 1. The van der Waals surface area contributed by atoms with Crippen LogP contribution in [0.1, 0.15) is 37.8 Å². The normalized spacial score (nSPS) is 13.2. The number of amides is 1. The van der Waals surface area contributed by atoms with Gasteiger partial charge in [0.1, 0.15) is 0 Å². The Balaban J connectivity index is 1.89. The van der Waals surface area contributed by atoms with E-state index < -0.39 is 0 Å². The van der Waals surface area contributed by atoms with Crippen molar-refractivity contribution in [3.63, 3.8) is 0 Å². The number of hydrogen-bond acceptors (Lipinski definition) is 3. The fourth-order valence-corrected chi connectivity index (χ4v) is 2.74. The Kier molecular flexibility index (Phi) is 7.46. The maximum absolute atomic E-state index is 12.2. The van der Waals surface area contributed by atoms with E-state index in [2.05, 4.69) is 22.8 Å². The Labute approximate surface area is 143 Å². The number of aliphatic hydroxyl groups excluding tert-OH is 1. The highest BCUT2D eigenvalue weighted by Crippen LogP contribution is 2.19. The number of anilines is 1. The molecule has 2 aromatic carbocycles. The molecule has 0 fully saturated rings. The molecule has 2 rings (SSSR count). The Bertz CT molecular complexity index is 602. The minimum Gasteiger partial charge on any atom is -0.396 e. The van der Waals surface area contributed by atoms with Crippen LogP contribution in [0.3, 0.4) is 0 Å². The van der Waals surface area contributed by atoms with Gasteiger partial charge in [-0.25, -0.2) is 0 Å². The number of carbonyl (C=O) groups excluding carboxylic acids is 1. The summed E-state index contributed by atoms with van der Waals surface area (Å²) in [6, 6.07) is 19.8. The largest absolute Gasteiger partial charge is 0.396 e.